The van der Waals surface area contributed by atoms with E-state index in [-0.39, 0.29) is 53.3 Å². The lowest BCUT2D eigenvalue weighted by atomic mass is 9.85. The highest BCUT2D eigenvalue weighted by molar-refractivity contribution is 5.85. The van der Waals surface area contributed by atoms with Gasteiger partial charge in [0.05, 0.1) is 4.92 Å². The zero-order chi connectivity index (χ0) is 17.1. The van der Waals surface area contributed by atoms with Crippen molar-refractivity contribution in [2.75, 3.05) is 31.1 Å². The van der Waals surface area contributed by atoms with Crippen LogP contribution in [0, 0.1) is 16.0 Å². The van der Waals surface area contributed by atoms with Crippen molar-refractivity contribution in [1.29, 1.82) is 0 Å². The van der Waals surface area contributed by atoms with Crippen molar-refractivity contribution < 1.29 is 9.72 Å². The molecule has 0 radical (unpaired) electrons. The van der Waals surface area contributed by atoms with E-state index in [1.54, 1.807) is 12.1 Å². The lowest BCUT2D eigenvalue weighted by Crippen LogP contribution is -2.51. The summed E-state index contributed by atoms with van der Waals surface area (Å²) in [6, 6.07) is 6.82. The van der Waals surface area contributed by atoms with Crippen LogP contribution in [0.5, 0.6) is 0 Å². The summed E-state index contributed by atoms with van der Waals surface area (Å²) < 4.78 is 0. The second kappa shape index (κ2) is 9.94. The molecule has 9 heteroatoms. The van der Waals surface area contributed by atoms with E-state index in [0.717, 1.165) is 31.4 Å². The molecule has 0 aromatic heterocycles. The summed E-state index contributed by atoms with van der Waals surface area (Å²) in [6.07, 6.45) is 3.79. The first-order valence-corrected chi connectivity index (χ1v) is 8.58. The van der Waals surface area contributed by atoms with Crippen LogP contribution in [0.4, 0.5) is 11.4 Å². The number of anilines is 1. The van der Waals surface area contributed by atoms with Gasteiger partial charge >= 0.3 is 0 Å². The Bertz CT molecular complexity index is 624. The van der Waals surface area contributed by atoms with Gasteiger partial charge in [-0.2, -0.15) is 0 Å². The molecule has 2 N–H and O–H groups in total. The Hall–Kier alpha value is -1.57. The zero-order valence-electron chi connectivity index (χ0n) is 14.6. The van der Waals surface area contributed by atoms with Gasteiger partial charge in [0.2, 0.25) is 5.91 Å². The second-order valence-corrected chi connectivity index (χ2v) is 6.71. The highest BCUT2D eigenvalue weighted by Crippen LogP contribution is 2.26. The largest absolute Gasteiger partial charge is 0.368 e. The Morgan fingerprint density at radius 2 is 1.85 bits per heavy atom. The molecule has 3 rings (SSSR count). The molecule has 1 amide bonds. The molecule has 1 aromatic carbocycles. The minimum absolute atomic E-state index is 0. The lowest BCUT2D eigenvalue weighted by molar-refractivity contribution is -0.384. The molecule has 1 aliphatic carbocycles. The van der Waals surface area contributed by atoms with E-state index in [9.17, 15) is 14.9 Å². The summed E-state index contributed by atoms with van der Waals surface area (Å²) in [5.41, 5.74) is 6.94. The standard InChI is InChI=1S/C17H24N4O3.2ClH/c18-14-4-1-3-13(11-14)17(22)20-9-7-19(8-10-20)15-5-2-6-16(12-15)21(23)24;;/h2,5-6,12-14H,1,3-4,7-11,18H2;2*1H. The molecule has 1 saturated carbocycles. The van der Waals surface area contributed by atoms with Gasteiger partial charge in [-0.1, -0.05) is 12.5 Å². The van der Waals surface area contributed by atoms with Gasteiger partial charge in [0.25, 0.3) is 5.69 Å². The quantitative estimate of drug-likeness (QED) is 0.617. The fraction of sp³-hybridized carbons (Fsp3) is 0.588. The third kappa shape index (κ3) is 5.22. The third-order valence-corrected chi connectivity index (χ3v) is 5.06. The Kier molecular flexibility index (Phi) is 8.59. The predicted octanol–water partition coefficient (Wildman–Crippen LogP) is 2.60. The van der Waals surface area contributed by atoms with E-state index in [1.165, 1.54) is 6.07 Å². The van der Waals surface area contributed by atoms with Crippen LogP contribution in [0.2, 0.25) is 0 Å². The van der Waals surface area contributed by atoms with Crippen molar-refractivity contribution in [1.82, 2.24) is 4.90 Å². The van der Waals surface area contributed by atoms with Gasteiger partial charge in [-0.25, -0.2) is 0 Å². The third-order valence-electron chi connectivity index (χ3n) is 5.06. The molecular weight excluding hydrogens is 379 g/mol. The number of carbonyl (C=O) groups is 1. The van der Waals surface area contributed by atoms with Gasteiger partial charge in [0.15, 0.2) is 0 Å². The van der Waals surface area contributed by atoms with Gasteiger partial charge in [-0.15, -0.1) is 24.8 Å². The van der Waals surface area contributed by atoms with Crippen LogP contribution in [-0.4, -0.2) is 48.0 Å². The number of nitro benzene ring substituents is 1. The average Bonchev–Trinajstić information content (AvgIpc) is 2.61. The van der Waals surface area contributed by atoms with Crippen molar-refractivity contribution >= 4 is 42.1 Å². The summed E-state index contributed by atoms with van der Waals surface area (Å²) in [6.45, 7) is 2.72. The number of halogens is 2. The molecule has 2 fully saturated rings. The molecule has 1 heterocycles. The first kappa shape index (κ1) is 22.5. The molecule has 2 atom stereocenters. The maximum absolute atomic E-state index is 12.6. The van der Waals surface area contributed by atoms with Crippen LogP contribution in [-0.2, 0) is 4.79 Å². The normalized spacial score (nSPS) is 22.8. The number of nitrogens with zero attached hydrogens (tertiary/aromatic N) is 3. The molecule has 26 heavy (non-hydrogen) atoms. The number of piperazine rings is 1. The van der Waals surface area contributed by atoms with E-state index in [2.05, 4.69) is 4.90 Å². The maximum atomic E-state index is 12.6. The number of hydrogen-bond donors (Lipinski definition) is 1. The van der Waals surface area contributed by atoms with Gasteiger partial charge in [0.1, 0.15) is 0 Å². The first-order valence-electron chi connectivity index (χ1n) is 8.58. The Labute approximate surface area is 165 Å². The summed E-state index contributed by atoms with van der Waals surface area (Å²) >= 11 is 0. The van der Waals surface area contributed by atoms with Crippen molar-refractivity contribution in [3.8, 4) is 0 Å². The van der Waals surface area contributed by atoms with Crippen molar-refractivity contribution in [3.05, 3.63) is 34.4 Å². The predicted molar refractivity (Wildman–Crippen MR) is 106 cm³/mol. The topological polar surface area (TPSA) is 92.7 Å². The van der Waals surface area contributed by atoms with E-state index in [1.807, 2.05) is 11.0 Å². The highest BCUT2D eigenvalue weighted by atomic mass is 35.5. The molecular formula is C17H26Cl2N4O3. The second-order valence-electron chi connectivity index (χ2n) is 6.71. The van der Waals surface area contributed by atoms with Gasteiger partial charge in [-0.05, 0) is 25.3 Å². The summed E-state index contributed by atoms with van der Waals surface area (Å²) in [5.74, 6) is 0.293. The van der Waals surface area contributed by atoms with Crippen molar-refractivity contribution in [2.45, 2.75) is 31.7 Å². The number of nitrogens with two attached hydrogens (primary N) is 1. The molecule has 0 bridgehead atoms. The number of hydrogen-bond acceptors (Lipinski definition) is 5. The monoisotopic (exact) mass is 404 g/mol. The Morgan fingerprint density at radius 1 is 1.15 bits per heavy atom. The van der Waals surface area contributed by atoms with Gasteiger partial charge < -0.3 is 15.5 Å². The highest BCUT2D eigenvalue weighted by Gasteiger charge is 2.30. The molecule has 1 aliphatic heterocycles. The SMILES string of the molecule is Cl.Cl.NC1CCCC(C(=O)N2CCN(c3cccc([N+](=O)[O-])c3)CC2)C1. The minimum atomic E-state index is -0.379. The molecule has 2 aliphatic rings. The summed E-state index contributed by atoms with van der Waals surface area (Å²) in [4.78, 5) is 27.2. The summed E-state index contributed by atoms with van der Waals surface area (Å²) in [5, 5.41) is 10.9. The zero-order valence-corrected chi connectivity index (χ0v) is 16.2. The van der Waals surface area contributed by atoms with Crippen molar-refractivity contribution in [2.24, 2.45) is 11.7 Å². The van der Waals surface area contributed by atoms with Crippen LogP contribution in [0.25, 0.3) is 0 Å². The van der Waals surface area contributed by atoms with Crippen LogP contribution in [0.1, 0.15) is 25.7 Å². The van der Waals surface area contributed by atoms with E-state index < -0.39 is 0 Å². The average molecular weight is 405 g/mol. The van der Waals surface area contributed by atoms with Crippen LogP contribution >= 0.6 is 24.8 Å². The van der Waals surface area contributed by atoms with Crippen molar-refractivity contribution in [3.63, 3.8) is 0 Å². The van der Waals surface area contributed by atoms with Crippen LogP contribution in [0.15, 0.2) is 24.3 Å². The number of benzene rings is 1. The number of carbonyl (C=O) groups excluding carboxylic acids is 1. The number of rotatable bonds is 3. The Morgan fingerprint density at radius 3 is 2.46 bits per heavy atom. The fourth-order valence-corrected chi connectivity index (χ4v) is 3.70. The van der Waals surface area contributed by atoms with E-state index in [4.69, 9.17) is 5.73 Å². The minimum Gasteiger partial charge on any atom is -0.368 e. The van der Waals surface area contributed by atoms with Crippen LogP contribution < -0.4 is 10.6 Å². The van der Waals surface area contributed by atoms with E-state index >= 15 is 0 Å². The number of amides is 1. The Balaban J connectivity index is 0.00000169. The molecule has 146 valence electrons. The van der Waals surface area contributed by atoms with E-state index in [0.29, 0.717) is 26.2 Å². The molecule has 1 aromatic rings. The van der Waals surface area contributed by atoms with Gasteiger partial charge in [0, 0.05) is 56.0 Å². The molecule has 7 nitrogen and oxygen atoms in total. The lowest BCUT2D eigenvalue weighted by Gasteiger charge is -2.38. The fourth-order valence-electron chi connectivity index (χ4n) is 3.70. The number of non-ortho nitro benzene ring substituents is 1. The smallest absolute Gasteiger partial charge is 0.271 e. The van der Waals surface area contributed by atoms with Crippen LogP contribution in [0.3, 0.4) is 0 Å². The first-order chi connectivity index (χ1) is 11.5. The molecule has 0 spiro atoms. The molecule has 2 unspecified atom stereocenters. The maximum Gasteiger partial charge on any atom is 0.271 e. The molecule has 1 saturated heterocycles. The number of nitro groups is 1. The van der Waals surface area contributed by atoms with Gasteiger partial charge in [-0.3, -0.25) is 14.9 Å². The summed E-state index contributed by atoms with van der Waals surface area (Å²) in [7, 11) is 0.